The highest BCUT2D eigenvalue weighted by Gasteiger charge is 2.55. The van der Waals surface area contributed by atoms with E-state index in [0.717, 1.165) is 6.21 Å². The van der Waals surface area contributed by atoms with E-state index in [2.05, 4.69) is 4.99 Å². The Morgan fingerprint density at radius 3 is 2.08 bits per heavy atom. The molecule has 2 rings (SSSR count). The van der Waals surface area contributed by atoms with Gasteiger partial charge in [0, 0.05) is 11.8 Å². The number of halogens is 6. The van der Waals surface area contributed by atoms with Crippen molar-refractivity contribution in [3.63, 3.8) is 0 Å². The summed E-state index contributed by atoms with van der Waals surface area (Å²) in [5.41, 5.74) is 0.560. The van der Waals surface area contributed by atoms with Crippen molar-refractivity contribution in [3.8, 4) is 5.75 Å². The highest BCUT2D eigenvalue weighted by Crippen LogP contribution is 2.47. The van der Waals surface area contributed by atoms with Gasteiger partial charge in [-0.25, -0.2) is 0 Å². The molecule has 2 nitrogen and oxygen atoms in total. The molecule has 0 aliphatic heterocycles. The van der Waals surface area contributed by atoms with Gasteiger partial charge in [0.15, 0.2) is 0 Å². The lowest BCUT2D eigenvalue weighted by atomic mass is 9.76. The van der Waals surface area contributed by atoms with Crippen LogP contribution >= 0.6 is 0 Å². The Hall–Kier alpha value is -1.73. The van der Waals surface area contributed by atoms with Crippen LogP contribution in [0.1, 0.15) is 30.4 Å². The third kappa shape index (κ3) is 4.02. The van der Waals surface area contributed by atoms with E-state index >= 15 is 0 Å². The van der Waals surface area contributed by atoms with E-state index in [-0.39, 0.29) is 30.6 Å². The molecule has 1 aliphatic rings. The normalized spacial score (nSPS) is 26.0. The fourth-order valence-corrected chi connectivity index (χ4v) is 3.05. The first-order chi connectivity index (χ1) is 11.0. The van der Waals surface area contributed by atoms with E-state index in [9.17, 15) is 31.4 Å². The number of hydrogen-bond donors (Lipinski definition) is 1. The van der Waals surface area contributed by atoms with E-state index in [1.807, 2.05) is 0 Å². The maximum Gasteiger partial charge on any atom is 0.393 e. The molecule has 0 bridgehead atoms. The minimum absolute atomic E-state index is 0.0995. The summed E-state index contributed by atoms with van der Waals surface area (Å²) in [6, 6.07) is 2.57. The number of phenols is 1. The largest absolute Gasteiger partial charge is 0.507 e. The number of rotatable bonds is 2. The molecule has 0 amide bonds. The molecule has 1 N–H and O–H groups in total. The number of aryl methyl sites for hydroxylation is 1. The molecule has 24 heavy (non-hydrogen) atoms. The monoisotopic (exact) mass is 353 g/mol. The summed E-state index contributed by atoms with van der Waals surface area (Å²) >= 11 is 0. The van der Waals surface area contributed by atoms with Crippen LogP contribution in [0.15, 0.2) is 23.2 Å². The molecule has 2 unspecified atom stereocenters. The standard InChI is InChI=1S/C16H17F6NO/c1-9-4-2-5-10(14(9)24)8-23-13-11(15(17,18)19)6-3-7-12(13)16(20,21)22/h2,4-5,8,11-13,24H,3,6-7H2,1H3. The van der Waals surface area contributed by atoms with Gasteiger partial charge in [0.25, 0.3) is 0 Å². The zero-order chi connectivity index (χ0) is 18.1. The second-order valence-corrected chi connectivity index (χ2v) is 6.01. The lowest BCUT2D eigenvalue weighted by molar-refractivity contribution is -0.228. The predicted octanol–water partition coefficient (Wildman–Crippen LogP) is 5.03. The lowest BCUT2D eigenvalue weighted by Crippen LogP contribution is -2.46. The van der Waals surface area contributed by atoms with Gasteiger partial charge in [-0.05, 0) is 31.4 Å². The van der Waals surface area contributed by atoms with Crippen LogP contribution in [0.5, 0.6) is 5.75 Å². The Morgan fingerprint density at radius 2 is 1.58 bits per heavy atom. The van der Waals surface area contributed by atoms with Gasteiger partial charge in [-0.1, -0.05) is 18.6 Å². The van der Waals surface area contributed by atoms with E-state index in [1.54, 1.807) is 19.1 Å². The lowest BCUT2D eigenvalue weighted by Gasteiger charge is -2.37. The number of para-hydroxylation sites is 1. The van der Waals surface area contributed by atoms with Crippen molar-refractivity contribution >= 4 is 6.21 Å². The van der Waals surface area contributed by atoms with Crippen LogP contribution in [-0.2, 0) is 0 Å². The topological polar surface area (TPSA) is 32.6 Å². The summed E-state index contributed by atoms with van der Waals surface area (Å²) in [4.78, 5) is 3.63. The molecule has 1 aromatic rings. The van der Waals surface area contributed by atoms with Crippen LogP contribution in [0.2, 0.25) is 0 Å². The quantitative estimate of drug-likeness (QED) is 0.587. The molecule has 0 aromatic heterocycles. The first kappa shape index (κ1) is 18.6. The molecule has 1 aromatic carbocycles. The van der Waals surface area contributed by atoms with Crippen molar-refractivity contribution < 1.29 is 31.4 Å². The van der Waals surface area contributed by atoms with Crippen molar-refractivity contribution in [1.82, 2.24) is 0 Å². The Labute approximate surface area is 135 Å². The smallest absolute Gasteiger partial charge is 0.393 e. The summed E-state index contributed by atoms with van der Waals surface area (Å²) < 4.78 is 78.8. The third-order valence-corrected chi connectivity index (χ3v) is 4.35. The molecule has 1 saturated carbocycles. The number of benzene rings is 1. The number of hydrogen-bond acceptors (Lipinski definition) is 2. The van der Waals surface area contributed by atoms with Gasteiger partial charge in [-0.3, -0.25) is 4.99 Å². The second-order valence-electron chi connectivity index (χ2n) is 6.01. The van der Waals surface area contributed by atoms with Gasteiger partial charge in [-0.2, -0.15) is 26.3 Å². The van der Waals surface area contributed by atoms with Crippen molar-refractivity contribution in [3.05, 3.63) is 29.3 Å². The van der Waals surface area contributed by atoms with E-state index < -0.39 is 30.2 Å². The Balaban J connectivity index is 2.38. The molecule has 1 fully saturated rings. The molecule has 2 atom stereocenters. The van der Waals surface area contributed by atoms with Crippen LogP contribution in [0.25, 0.3) is 0 Å². The summed E-state index contributed by atoms with van der Waals surface area (Å²) in [5, 5.41) is 9.84. The minimum Gasteiger partial charge on any atom is -0.507 e. The van der Waals surface area contributed by atoms with Crippen LogP contribution in [-0.4, -0.2) is 29.7 Å². The van der Waals surface area contributed by atoms with Crippen molar-refractivity contribution in [2.24, 2.45) is 16.8 Å². The summed E-state index contributed by atoms with van der Waals surface area (Å²) in [6.45, 7) is 1.57. The fourth-order valence-electron chi connectivity index (χ4n) is 3.05. The van der Waals surface area contributed by atoms with Gasteiger partial charge in [0.05, 0.1) is 17.9 Å². The third-order valence-electron chi connectivity index (χ3n) is 4.35. The second kappa shape index (κ2) is 6.64. The Bertz CT molecular complexity index is 586. The first-order valence-electron chi connectivity index (χ1n) is 7.47. The molecular formula is C16H17F6NO. The summed E-state index contributed by atoms with van der Waals surface area (Å²) in [6.07, 6.45) is -9.48. The number of phenolic OH excluding ortho intramolecular Hbond substituents is 1. The van der Waals surface area contributed by atoms with Crippen molar-refractivity contribution in [2.45, 2.75) is 44.6 Å². The van der Waals surface area contributed by atoms with E-state index in [0.29, 0.717) is 5.56 Å². The van der Waals surface area contributed by atoms with Crippen molar-refractivity contribution in [2.75, 3.05) is 0 Å². The molecule has 0 radical (unpaired) electrons. The number of aliphatic imine (C=N–C) groups is 1. The van der Waals surface area contributed by atoms with Crippen molar-refractivity contribution in [1.29, 1.82) is 0 Å². The predicted molar refractivity (Wildman–Crippen MR) is 77.2 cm³/mol. The first-order valence-corrected chi connectivity index (χ1v) is 7.47. The fraction of sp³-hybridized carbons (Fsp3) is 0.562. The minimum atomic E-state index is -4.75. The van der Waals surface area contributed by atoms with E-state index in [1.165, 1.54) is 6.07 Å². The van der Waals surface area contributed by atoms with Crippen LogP contribution < -0.4 is 0 Å². The summed E-state index contributed by atoms with van der Waals surface area (Å²) in [7, 11) is 0. The number of alkyl halides is 6. The van der Waals surface area contributed by atoms with Gasteiger partial charge in [0.1, 0.15) is 5.75 Å². The molecule has 1 aliphatic carbocycles. The maximum atomic E-state index is 13.1. The van der Waals surface area contributed by atoms with Crippen LogP contribution in [0, 0.1) is 18.8 Å². The average molecular weight is 353 g/mol. The molecule has 0 heterocycles. The van der Waals surface area contributed by atoms with Gasteiger partial charge in [0.2, 0.25) is 0 Å². The highest BCUT2D eigenvalue weighted by atomic mass is 19.4. The van der Waals surface area contributed by atoms with Crippen LogP contribution in [0.3, 0.4) is 0 Å². The molecule has 8 heteroatoms. The molecule has 0 spiro atoms. The summed E-state index contributed by atoms with van der Waals surface area (Å²) in [5.74, 6) is -4.48. The van der Waals surface area contributed by atoms with Gasteiger partial charge >= 0.3 is 12.4 Å². The number of nitrogens with zero attached hydrogens (tertiary/aromatic N) is 1. The number of aromatic hydroxyl groups is 1. The molecule has 134 valence electrons. The van der Waals surface area contributed by atoms with Crippen LogP contribution in [0.4, 0.5) is 26.3 Å². The molecule has 0 saturated heterocycles. The zero-order valence-electron chi connectivity index (χ0n) is 12.8. The maximum absolute atomic E-state index is 13.1. The average Bonchev–Trinajstić information content (AvgIpc) is 2.46. The highest BCUT2D eigenvalue weighted by molar-refractivity contribution is 5.84. The Morgan fingerprint density at radius 1 is 1.04 bits per heavy atom. The SMILES string of the molecule is Cc1cccc(C=NC2C(C(F)(F)F)CCCC2C(F)(F)F)c1O. The zero-order valence-corrected chi connectivity index (χ0v) is 12.8. The van der Waals surface area contributed by atoms with E-state index in [4.69, 9.17) is 0 Å². The van der Waals surface area contributed by atoms with Gasteiger partial charge in [-0.15, -0.1) is 0 Å². The Kier molecular flexibility index (Phi) is 5.15. The molecular weight excluding hydrogens is 336 g/mol. The van der Waals surface area contributed by atoms with Gasteiger partial charge < -0.3 is 5.11 Å².